The standard InChI is InChI=1S/C16H16ClN3O2/c1-11-5-3-4-6-14(11)20(10-15(21)18-2)16(22)12-7-8-19-9-13(12)17/h3-9H,10H2,1-2H3,(H,18,21). The van der Waals surface area contributed by atoms with Gasteiger partial charge in [0.15, 0.2) is 0 Å². The van der Waals surface area contributed by atoms with Gasteiger partial charge in [-0.1, -0.05) is 29.8 Å². The number of nitrogens with one attached hydrogen (secondary N) is 1. The molecule has 22 heavy (non-hydrogen) atoms. The molecule has 0 saturated carbocycles. The average Bonchev–Trinajstić information content (AvgIpc) is 2.53. The van der Waals surface area contributed by atoms with Gasteiger partial charge in [0.05, 0.1) is 10.6 Å². The molecule has 2 aromatic rings. The summed E-state index contributed by atoms with van der Waals surface area (Å²) in [6.45, 7) is 1.80. The van der Waals surface area contributed by atoms with Crippen LogP contribution in [0.4, 0.5) is 5.69 Å². The Hall–Kier alpha value is -2.40. The fourth-order valence-electron chi connectivity index (χ4n) is 2.05. The van der Waals surface area contributed by atoms with Crippen molar-refractivity contribution in [3.05, 3.63) is 58.9 Å². The van der Waals surface area contributed by atoms with Gasteiger partial charge in [-0.2, -0.15) is 0 Å². The number of para-hydroxylation sites is 1. The minimum absolute atomic E-state index is 0.0845. The summed E-state index contributed by atoms with van der Waals surface area (Å²) in [7, 11) is 1.53. The zero-order valence-corrected chi connectivity index (χ0v) is 13.1. The van der Waals surface area contributed by atoms with E-state index in [9.17, 15) is 9.59 Å². The van der Waals surface area contributed by atoms with Crippen LogP contribution in [-0.2, 0) is 4.79 Å². The lowest BCUT2D eigenvalue weighted by atomic mass is 10.1. The number of amides is 2. The Morgan fingerprint density at radius 1 is 1.27 bits per heavy atom. The zero-order valence-electron chi connectivity index (χ0n) is 12.3. The summed E-state index contributed by atoms with van der Waals surface area (Å²) < 4.78 is 0. The number of aromatic nitrogens is 1. The monoisotopic (exact) mass is 317 g/mol. The summed E-state index contributed by atoms with van der Waals surface area (Å²) in [5.41, 5.74) is 1.87. The summed E-state index contributed by atoms with van der Waals surface area (Å²) in [5.74, 6) is -0.605. The maximum atomic E-state index is 12.8. The Morgan fingerprint density at radius 3 is 2.64 bits per heavy atom. The Bertz CT molecular complexity index is 703. The van der Waals surface area contributed by atoms with Gasteiger partial charge in [-0.05, 0) is 24.6 Å². The van der Waals surface area contributed by atoms with Gasteiger partial charge >= 0.3 is 0 Å². The average molecular weight is 318 g/mol. The molecule has 5 nitrogen and oxygen atoms in total. The van der Waals surface area contributed by atoms with Crippen molar-refractivity contribution in [2.75, 3.05) is 18.5 Å². The quantitative estimate of drug-likeness (QED) is 0.942. The van der Waals surface area contributed by atoms with Crippen LogP contribution in [0.15, 0.2) is 42.7 Å². The van der Waals surface area contributed by atoms with Crippen LogP contribution in [0.2, 0.25) is 5.02 Å². The number of carbonyl (C=O) groups is 2. The van der Waals surface area contributed by atoms with Crippen LogP contribution in [0.25, 0.3) is 0 Å². The number of rotatable bonds is 4. The molecule has 2 amide bonds. The smallest absolute Gasteiger partial charge is 0.260 e. The number of pyridine rings is 1. The number of carbonyl (C=O) groups excluding carboxylic acids is 2. The number of halogens is 1. The molecule has 0 saturated heterocycles. The first-order valence-corrected chi connectivity index (χ1v) is 7.10. The molecule has 0 aliphatic rings. The molecule has 1 aromatic carbocycles. The summed E-state index contributed by atoms with van der Waals surface area (Å²) >= 11 is 6.05. The maximum Gasteiger partial charge on any atom is 0.260 e. The van der Waals surface area contributed by atoms with Gasteiger partial charge in [0.25, 0.3) is 5.91 Å². The van der Waals surface area contributed by atoms with Gasteiger partial charge in [-0.3, -0.25) is 19.5 Å². The molecule has 0 bridgehead atoms. The summed E-state index contributed by atoms with van der Waals surface area (Å²) in [6.07, 6.45) is 2.90. The van der Waals surface area contributed by atoms with E-state index in [0.717, 1.165) is 5.56 Å². The second-order valence-corrected chi connectivity index (χ2v) is 5.11. The minimum atomic E-state index is -0.342. The predicted octanol–water partition coefficient (Wildman–Crippen LogP) is 2.44. The summed E-state index contributed by atoms with van der Waals surface area (Å²) in [4.78, 5) is 29.9. The first-order chi connectivity index (χ1) is 10.5. The van der Waals surface area contributed by atoms with E-state index < -0.39 is 0 Å². The first-order valence-electron chi connectivity index (χ1n) is 6.72. The van der Waals surface area contributed by atoms with Crippen LogP contribution in [-0.4, -0.2) is 30.4 Å². The Morgan fingerprint density at radius 2 is 2.00 bits per heavy atom. The van der Waals surface area contributed by atoms with Gasteiger partial charge in [-0.25, -0.2) is 0 Å². The lowest BCUT2D eigenvalue weighted by Crippen LogP contribution is -2.40. The number of anilines is 1. The number of likely N-dealkylation sites (N-methyl/N-ethyl adjacent to an activating group) is 1. The van der Waals surface area contributed by atoms with Crippen molar-refractivity contribution >= 4 is 29.1 Å². The Kier molecular flexibility index (Phi) is 5.12. The zero-order chi connectivity index (χ0) is 16.1. The minimum Gasteiger partial charge on any atom is -0.358 e. The molecule has 1 aromatic heterocycles. The molecule has 0 atom stereocenters. The summed E-state index contributed by atoms with van der Waals surface area (Å²) in [5, 5.41) is 2.78. The van der Waals surface area contributed by atoms with Gasteiger partial charge in [0.1, 0.15) is 6.54 Å². The van der Waals surface area contributed by atoms with E-state index in [1.54, 1.807) is 12.1 Å². The van der Waals surface area contributed by atoms with Gasteiger partial charge in [0.2, 0.25) is 5.91 Å². The van der Waals surface area contributed by atoms with Crippen molar-refractivity contribution in [1.29, 1.82) is 0 Å². The second-order valence-electron chi connectivity index (χ2n) is 4.71. The number of hydrogen-bond acceptors (Lipinski definition) is 3. The Labute approximate surface area is 133 Å². The molecule has 1 N–H and O–H groups in total. The Balaban J connectivity index is 2.45. The van der Waals surface area contributed by atoms with Crippen LogP contribution in [0, 0.1) is 6.92 Å². The molecule has 0 fully saturated rings. The van der Waals surface area contributed by atoms with E-state index in [-0.39, 0.29) is 23.4 Å². The third-order valence-corrected chi connectivity index (χ3v) is 3.54. The van der Waals surface area contributed by atoms with Crippen LogP contribution in [0.1, 0.15) is 15.9 Å². The second kappa shape index (κ2) is 7.04. The summed E-state index contributed by atoms with van der Waals surface area (Å²) in [6, 6.07) is 8.92. The van der Waals surface area contributed by atoms with Crippen molar-refractivity contribution in [1.82, 2.24) is 10.3 Å². The number of benzene rings is 1. The highest BCUT2D eigenvalue weighted by Gasteiger charge is 2.23. The largest absolute Gasteiger partial charge is 0.358 e. The SMILES string of the molecule is CNC(=O)CN(C(=O)c1ccncc1Cl)c1ccccc1C. The molecule has 114 valence electrons. The van der Waals surface area contributed by atoms with Gasteiger partial charge in [-0.15, -0.1) is 0 Å². The highest BCUT2D eigenvalue weighted by molar-refractivity contribution is 6.34. The third-order valence-electron chi connectivity index (χ3n) is 3.23. The maximum absolute atomic E-state index is 12.8. The number of hydrogen-bond donors (Lipinski definition) is 1. The molecular weight excluding hydrogens is 302 g/mol. The molecule has 0 unspecified atom stereocenters. The molecule has 6 heteroatoms. The lowest BCUT2D eigenvalue weighted by Gasteiger charge is -2.24. The molecule has 0 aliphatic heterocycles. The van der Waals surface area contributed by atoms with E-state index in [0.29, 0.717) is 11.3 Å². The number of nitrogens with zero attached hydrogens (tertiary/aromatic N) is 2. The van der Waals surface area contributed by atoms with Crippen molar-refractivity contribution in [3.63, 3.8) is 0 Å². The first kappa shape index (κ1) is 16.0. The molecule has 0 radical (unpaired) electrons. The predicted molar refractivity (Wildman–Crippen MR) is 86.2 cm³/mol. The molecular formula is C16H16ClN3O2. The van der Waals surface area contributed by atoms with E-state index >= 15 is 0 Å². The topological polar surface area (TPSA) is 62.3 Å². The molecule has 0 spiro atoms. The van der Waals surface area contributed by atoms with Gasteiger partial charge in [0, 0.05) is 25.1 Å². The molecule has 1 heterocycles. The van der Waals surface area contributed by atoms with Crippen LogP contribution < -0.4 is 10.2 Å². The molecule has 0 aliphatic carbocycles. The fraction of sp³-hybridized carbons (Fsp3) is 0.188. The van der Waals surface area contributed by atoms with E-state index in [1.807, 2.05) is 25.1 Å². The van der Waals surface area contributed by atoms with Crippen LogP contribution >= 0.6 is 11.6 Å². The van der Waals surface area contributed by atoms with Crippen LogP contribution in [0.5, 0.6) is 0 Å². The van der Waals surface area contributed by atoms with E-state index in [1.165, 1.54) is 24.3 Å². The van der Waals surface area contributed by atoms with Crippen molar-refractivity contribution in [3.8, 4) is 0 Å². The van der Waals surface area contributed by atoms with Crippen LogP contribution in [0.3, 0.4) is 0 Å². The fourth-order valence-corrected chi connectivity index (χ4v) is 2.25. The van der Waals surface area contributed by atoms with E-state index in [4.69, 9.17) is 11.6 Å². The third kappa shape index (κ3) is 3.43. The lowest BCUT2D eigenvalue weighted by molar-refractivity contribution is -0.119. The van der Waals surface area contributed by atoms with Gasteiger partial charge < -0.3 is 5.32 Å². The molecule has 2 rings (SSSR count). The van der Waals surface area contributed by atoms with Crippen molar-refractivity contribution < 1.29 is 9.59 Å². The van der Waals surface area contributed by atoms with Crippen molar-refractivity contribution in [2.45, 2.75) is 6.92 Å². The number of aryl methyl sites for hydroxylation is 1. The normalized spacial score (nSPS) is 10.1. The van der Waals surface area contributed by atoms with Crippen molar-refractivity contribution in [2.24, 2.45) is 0 Å². The van der Waals surface area contributed by atoms with E-state index in [2.05, 4.69) is 10.3 Å². The highest BCUT2D eigenvalue weighted by atomic mass is 35.5. The highest BCUT2D eigenvalue weighted by Crippen LogP contribution is 2.24.